The van der Waals surface area contributed by atoms with Crippen LogP contribution in [0, 0.1) is 17.3 Å². The molecule has 2 aliphatic rings. The Balaban J connectivity index is 0.00000220. The third-order valence-electron chi connectivity index (χ3n) is 5.19. The summed E-state index contributed by atoms with van der Waals surface area (Å²) >= 11 is 0. The fourth-order valence-corrected chi connectivity index (χ4v) is 4.49. The van der Waals surface area contributed by atoms with E-state index in [-0.39, 0.29) is 12.4 Å². The second-order valence-electron chi connectivity index (χ2n) is 7.97. The van der Waals surface area contributed by atoms with E-state index in [9.17, 15) is 4.79 Å². The zero-order chi connectivity index (χ0) is 14.8. The van der Waals surface area contributed by atoms with Crippen LogP contribution in [0.5, 0.6) is 0 Å². The number of amides is 1. The molecule has 1 amide bonds. The maximum absolute atomic E-state index is 12.5. The second-order valence-corrected chi connectivity index (χ2v) is 7.97. The molecular weight excluding hydrogens is 284 g/mol. The Morgan fingerprint density at radius 1 is 1.24 bits per heavy atom. The summed E-state index contributed by atoms with van der Waals surface area (Å²) in [5.74, 6) is 1.72. The lowest BCUT2D eigenvalue weighted by Crippen LogP contribution is -2.44. The van der Waals surface area contributed by atoms with Gasteiger partial charge in [-0.2, -0.15) is 0 Å². The second kappa shape index (κ2) is 7.82. The van der Waals surface area contributed by atoms with Crippen LogP contribution in [0.4, 0.5) is 0 Å². The van der Waals surface area contributed by atoms with Crippen molar-refractivity contribution in [3.05, 3.63) is 0 Å². The van der Waals surface area contributed by atoms with E-state index < -0.39 is 0 Å². The monoisotopic (exact) mass is 316 g/mol. The molecule has 1 saturated carbocycles. The van der Waals surface area contributed by atoms with E-state index >= 15 is 0 Å². The van der Waals surface area contributed by atoms with Gasteiger partial charge >= 0.3 is 0 Å². The maximum atomic E-state index is 12.5. The standard InChI is InChI=1S/C17H32N2O.ClH/c1-13-9-14(12-17(2,3)11-13)10-16(20)19(4)15-5-7-18-8-6-15;/h13-15,18H,5-12H2,1-4H3;1H. The first-order chi connectivity index (χ1) is 9.37. The molecule has 1 aliphatic carbocycles. The minimum atomic E-state index is 0. The topological polar surface area (TPSA) is 32.3 Å². The van der Waals surface area contributed by atoms with E-state index in [1.807, 2.05) is 11.9 Å². The van der Waals surface area contributed by atoms with Gasteiger partial charge in [0.15, 0.2) is 0 Å². The Morgan fingerprint density at radius 2 is 1.86 bits per heavy atom. The molecule has 1 aliphatic heterocycles. The number of hydrogen-bond acceptors (Lipinski definition) is 2. The van der Waals surface area contributed by atoms with E-state index in [0.29, 0.717) is 23.3 Å². The number of nitrogens with one attached hydrogen (secondary N) is 1. The van der Waals surface area contributed by atoms with E-state index in [1.165, 1.54) is 19.3 Å². The van der Waals surface area contributed by atoms with Gasteiger partial charge < -0.3 is 10.2 Å². The quantitative estimate of drug-likeness (QED) is 0.864. The molecule has 2 fully saturated rings. The first-order valence-electron chi connectivity index (χ1n) is 8.34. The van der Waals surface area contributed by atoms with Gasteiger partial charge in [-0.1, -0.05) is 20.8 Å². The molecule has 4 heteroatoms. The molecule has 2 unspecified atom stereocenters. The predicted molar refractivity (Wildman–Crippen MR) is 90.8 cm³/mol. The highest BCUT2D eigenvalue weighted by molar-refractivity contribution is 5.85. The highest BCUT2D eigenvalue weighted by Crippen LogP contribution is 2.43. The fraction of sp³-hybridized carbons (Fsp3) is 0.941. The van der Waals surface area contributed by atoms with Gasteiger partial charge in [-0.15, -0.1) is 12.4 Å². The minimum Gasteiger partial charge on any atom is -0.343 e. The van der Waals surface area contributed by atoms with Crippen LogP contribution in [0.15, 0.2) is 0 Å². The number of piperidine rings is 1. The van der Waals surface area contributed by atoms with Crippen LogP contribution in [0.1, 0.15) is 59.3 Å². The summed E-state index contributed by atoms with van der Waals surface area (Å²) in [7, 11) is 2.01. The van der Waals surface area contributed by atoms with Crippen molar-refractivity contribution in [2.75, 3.05) is 20.1 Å². The van der Waals surface area contributed by atoms with Gasteiger partial charge in [-0.3, -0.25) is 4.79 Å². The SMILES string of the molecule is CC1CC(CC(=O)N(C)C2CCNCC2)CC(C)(C)C1.Cl. The van der Waals surface area contributed by atoms with Crippen molar-refractivity contribution in [3.63, 3.8) is 0 Å². The molecule has 124 valence electrons. The molecule has 0 bridgehead atoms. The molecular formula is C17H33ClN2O. The molecule has 1 heterocycles. The lowest BCUT2D eigenvalue weighted by molar-refractivity contribution is -0.134. The van der Waals surface area contributed by atoms with Gasteiger partial charge in [0.05, 0.1) is 0 Å². The third kappa shape index (κ3) is 5.45. The van der Waals surface area contributed by atoms with Crippen molar-refractivity contribution in [2.45, 2.75) is 65.3 Å². The molecule has 21 heavy (non-hydrogen) atoms. The molecule has 1 saturated heterocycles. The third-order valence-corrected chi connectivity index (χ3v) is 5.19. The summed E-state index contributed by atoms with van der Waals surface area (Å²) in [4.78, 5) is 14.6. The Kier molecular flexibility index (Phi) is 6.99. The van der Waals surface area contributed by atoms with Crippen LogP contribution in [0.3, 0.4) is 0 Å². The number of carbonyl (C=O) groups is 1. The highest BCUT2D eigenvalue weighted by Gasteiger charge is 2.34. The maximum Gasteiger partial charge on any atom is 0.222 e. The van der Waals surface area contributed by atoms with Crippen molar-refractivity contribution in [1.29, 1.82) is 0 Å². The normalized spacial score (nSPS) is 29.5. The van der Waals surface area contributed by atoms with Crippen LogP contribution < -0.4 is 5.32 Å². The lowest BCUT2D eigenvalue weighted by Gasteiger charge is -2.40. The largest absolute Gasteiger partial charge is 0.343 e. The van der Waals surface area contributed by atoms with Crippen molar-refractivity contribution >= 4 is 18.3 Å². The fourth-order valence-electron chi connectivity index (χ4n) is 4.49. The molecule has 0 aromatic carbocycles. The zero-order valence-electron chi connectivity index (χ0n) is 14.2. The summed E-state index contributed by atoms with van der Waals surface area (Å²) in [5, 5.41) is 3.37. The average molecular weight is 317 g/mol. The molecule has 0 spiro atoms. The van der Waals surface area contributed by atoms with Gasteiger partial charge in [0.2, 0.25) is 5.91 Å². The smallest absolute Gasteiger partial charge is 0.222 e. The van der Waals surface area contributed by atoms with Crippen LogP contribution in [-0.2, 0) is 4.79 Å². The zero-order valence-corrected chi connectivity index (χ0v) is 15.0. The van der Waals surface area contributed by atoms with Gasteiger partial charge in [0.25, 0.3) is 0 Å². The molecule has 2 rings (SSSR count). The summed E-state index contributed by atoms with van der Waals surface area (Å²) in [5.41, 5.74) is 0.413. The van der Waals surface area contributed by atoms with Gasteiger partial charge in [0, 0.05) is 19.5 Å². The van der Waals surface area contributed by atoms with E-state index in [1.54, 1.807) is 0 Å². The number of carbonyl (C=O) groups excluding carboxylic acids is 1. The van der Waals surface area contributed by atoms with Crippen LogP contribution in [0.2, 0.25) is 0 Å². The molecule has 1 N–H and O–H groups in total. The molecule has 2 atom stereocenters. The van der Waals surface area contributed by atoms with Crippen molar-refractivity contribution in [3.8, 4) is 0 Å². The molecule has 0 aromatic rings. The van der Waals surface area contributed by atoms with Gasteiger partial charge in [-0.05, 0) is 62.4 Å². The Morgan fingerprint density at radius 3 is 2.43 bits per heavy atom. The summed E-state index contributed by atoms with van der Waals surface area (Å²) in [6, 6.07) is 0.456. The molecule has 0 aromatic heterocycles. The number of rotatable bonds is 3. The van der Waals surface area contributed by atoms with Crippen molar-refractivity contribution < 1.29 is 4.79 Å². The first-order valence-corrected chi connectivity index (χ1v) is 8.34. The van der Waals surface area contributed by atoms with E-state index in [4.69, 9.17) is 0 Å². The van der Waals surface area contributed by atoms with E-state index in [2.05, 4.69) is 26.1 Å². The lowest BCUT2D eigenvalue weighted by atomic mass is 9.67. The summed E-state index contributed by atoms with van der Waals surface area (Å²) < 4.78 is 0. The van der Waals surface area contributed by atoms with E-state index in [0.717, 1.165) is 38.3 Å². The van der Waals surface area contributed by atoms with Gasteiger partial charge in [-0.25, -0.2) is 0 Å². The summed E-state index contributed by atoms with van der Waals surface area (Å²) in [6.07, 6.45) is 6.72. The predicted octanol–water partition coefficient (Wildman–Crippen LogP) is 3.47. The van der Waals surface area contributed by atoms with Crippen LogP contribution in [0.25, 0.3) is 0 Å². The molecule has 0 radical (unpaired) electrons. The Hall–Kier alpha value is -0.280. The number of hydrogen-bond donors (Lipinski definition) is 1. The van der Waals surface area contributed by atoms with Crippen LogP contribution >= 0.6 is 12.4 Å². The number of nitrogens with zero attached hydrogens (tertiary/aromatic N) is 1. The highest BCUT2D eigenvalue weighted by atomic mass is 35.5. The van der Waals surface area contributed by atoms with Crippen molar-refractivity contribution in [2.24, 2.45) is 17.3 Å². The first kappa shape index (κ1) is 18.8. The summed E-state index contributed by atoms with van der Waals surface area (Å²) in [6.45, 7) is 9.16. The van der Waals surface area contributed by atoms with Crippen molar-refractivity contribution in [1.82, 2.24) is 10.2 Å². The number of halogens is 1. The average Bonchev–Trinajstić information content (AvgIpc) is 2.36. The minimum absolute atomic E-state index is 0. The Labute approximate surface area is 136 Å². The Bertz CT molecular complexity index is 340. The van der Waals surface area contributed by atoms with Gasteiger partial charge in [0.1, 0.15) is 0 Å². The molecule has 3 nitrogen and oxygen atoms in total. The van der Waals surface area contributed by atoms with Crippen LogP contribution in [-0.4, -0.2) is 37.0 Å².